The summed E-state index contributed by atoms with van der Waals surface area (Å²) in [6, 6.07) is 4.65. The van der Waals surface area contributed by atoms with Crippen LogP contribution in [0.5, 0.6) is 0 Å². The van der Waals surface area contributed by atoms with Crippen LogP contribution >= 0.6 is 0 Å². The highest BCUT2D eigenvalue weighted by Gasteiger charge is 2.13. The summed E-state index contributed by atoms with van der Waals surface area (Å²) in [5, 5.41) is 8.67. The van der Waals surface area contributed by atoms with Gasteiger partial charge in [0.2, 0.25) is 0 Å². The first kappa shape index (κ1) is 10.5. The van der Waals surface area contributed by atoms with Gasteiger partial charge in [0.25, 0.3) is 0 Å². The fourth-order valence-electron chi connectivity index (χ4n) is 1.21. The van der Waals surface area contributed by atoms with E-state index in [-0.39, 0.29) is 10.5 Å². The molecule has 0 aliphatic rings. The molecule has 0 aromatic heterocycles. The van der Waals surface area contributed by atoms with Gasteiger partial charge in [-0.15, -0.1) is 0 Å². The molecule has 1 aromatic carbocycles. The molecular formula is C9H10N2O2S. The monoisotopic (exact) mass is 210 g/mol. The molecule has 1 rings (SSSR count). The number of hydrogen-bond donors (Lipinski definition) is 1. The molecule has 2 N–H and O–H groups in total. The van der Waals surface area contributed by atoms with Crippen LogP contribution in [0.3, 0.4) is 0 Å². The van der Waals surface area contributed by atoms with E-state index in [0.717, 1.165) is 6.26 Å². The zero-order valence-electron chi connectivity index (χ0n) is 7.90. The average molecular weight is 210 g/mol. The van der Waals surface area contributed by atoms with Crippen LogP contribution in [-0.4, -0.2) is 14.7 Å². The highest BCUT2D eigenvalue weighted by molar-refractivity contribution is 7.90. The van der Waals surface area contributed by atoms with E-state index in [1.54, 1.807) is 6.92 Å². The van der Waals surface area contributed by atoms with Crippen LogP contribution in [0, 0.1) is 18.3 Å². The molecule has 0 heterocycles. The molecule has 4 nitrogen and oxygen atoms in total. The van der Waals surface area contributed by atoms with Gasteiger partial charge in [-0.05, 0) is 24.6 Å². The first-order valence-corrected chi connectivity index (χ1v) is 5.75. The quantitative estimate of drug-likeness (QED) is 0.696. The molecule has 0 saturated heterocycles. The number of nitriles is 1. The number of hydrogen-bond acceptors (Lipinski definition) is 4. The highest BCUT2D eigenvalue weighted by atomic mass is 32.2. The van der Waals surface area contributed by atoms with Gasteiger partial charge >= 0.3 is 0 Å². The molecule has 0 saturated carbocycles. The highest BCUT2D eigenvalue weighted by Crippen LogP contribution is 2.21. The maximum atomic E-state index is 11.3. The van der Waals surface area contributed by atoms with Crippen LogP contribution in [0.25, 0.3) is 0 Å². The van der Waals surface area contributed by atoms with Crippen molar-refractivity contribution in [3.63, 3.8) is 0 Å². The Morgan fingerprint density at radius 3 is 2.43 bits per heavy atom. The lowest BCUT2D eigenvalue weighted by Gasteiger charge is -2.05. The molecule has 0 fully saturated rings. The summed E-state index contributed by atoms with van der Waals surface area (Å²) in [7, 11) is -3.29. The van der Waals surface area contributed by atoms with Crippen molar-refractivity contribution < 1.29 is 8.42 Å². The van der Waals surface area contributed by atoms with Crippen molar-refractivity contribution in [2.45, 2.75) is 11.8 Å². The van der Waals surface area contributed by atoms with E-state index in [1.807, 2.05) is 6.07 Å². The Bertz CT molecular complexity index is 512. The Hall–Kier alpha value is -1.54. The average Bonchev–Trinajstić information content (AvgIpc) is 2.02. The van der Waals surface area contributed by atoms with Gasteiger partial charge in [-0.3, -0.25) is 0 Å². The third kappa shape index (κ3) is 1.86. The van der Waals surface area contributed by atoms with Crippen LogP contribution < -0.4 is 5.73 Å². The fourth-order valence-corrected chi connectivity index (χ4v) is 2.18. The Kier molecular flexibility index (Phi) is 2.49. The smallest absolute Gasteiger partial charge is 0.175 e. The maximum absolute atomic E-state index is 11.3. The third-order valence-corrected chi connectivity index (χ3v) is 3.11. The number of sulfone groups is 1. The number of nitrogens with zero attached hydrogens (tertiary/aromatic N) is 1. The zero-order chi connectivity index (χ0) is 10.9. The largest absolute Gasteiger partial charge is 0.398 e. The number of anilines is 1. The summed E-state index contributed by atoms with van der Waals surface area (Å²) >= 11 is 0. The van der Waals surface area contributed by atoms with Crippen molar-refractivity contribution in [2.24, 2.45) is 0 Å². The van der Waals surface area contributed by atoms with Crippen molar-refractivity contribution >= 4 is 15.5 Å². The van der Waals surface area contributed by atoms with Gasteiger partial charge in [0.05, 0.1) is 10.5 Å². The Morgan fingerprint density at radius 1 is 1.43 bits per heavy atom. The molecule has 0 bridgehead atoms. The van der Waals surface area contributed by atoms with Crippen LogP contribution in [-0.2, 0) is 9.84 Å². The van der Waals surface area contributed by atoms with Crippen LogP contribution in [0.15, 0.2) is 17.0 Å². The molecule has 0 unspecified atom stereocenters. The molecule has 1 aromatic rings. The molecule has 0 radical (unpaired) electrons. The number of aryl methyl sites for hydroxylation is 1. The fraction of sp³-hybridized carbons (Fsp3) is 0.222. The van der Waals surface area contributed by atoms with Gasteiger partial charge < -0.3 is 5.73 Å². The maximum Gasteiger partial charge on any atom is 0.175 e. The van der Waals surface area contributed by atoms with Crippen molar-refractivity contribution in [2.75, 3.05) is 12.0 Å². The molecule has 0 aliphatic carbocycles. The van der Waals surface area contributed by atoms with E-state index in [2.05, 4.69) is 0 Å². The zero-order valence-corrected chi connectivity index (χ0v) is 8.72. The summed E-state index contributed by atoms with van der Waals surface area (Å²) in [5.74, 6) is 0. The minimum absolute atomic E-state index is 0.156. The molecule has 0 amide bonds. The van der Waals surface area contributed by atoms with E-state index >= 15 is 0 Å². The molecule has 0 aliphatic heterocycles. The van der Waals surface area contributed by atoms with Crippen molar-refractivity contribution in [3.8, 4) is 6.07 Å². The second-order valence-electron chi connectivity index (χ2n) is 3.09. The predicted molar refractivity (Wildman–Crippen MR) is 53.4 cm³/mol. The lowest BCUT2D eigenvalue weighted by Crippen LogP contribution is -2.02. The number of nitrogen functional groups attached to an aromatic ring is 1. The van der Waals surface area contributed by atoms with Gasteiger partial charge in [0, 0.05) is 11.9 Å². The summed E-state index contributed by atoms with van der Waals surface area (Å²) < 4.78 is 22.6. The van der Waals surface area contributed by atoms with Crippen LogP contribution in [0.1, 0.15) is 11.1 Å². The van der Waals surface area contributed by atoms with Crippen molar-refractivity contribution in [3.05, 3.63) is 23.3 Å². The predicted octanol–water partition coefficient (Wildman–Crippen LogP) is 0.852. The Morgan fingerprint density at radius 2 is 2.00 bits per heavy atom. The summed E-state index contributed by atoms with van der Waals surface area (Å²) in [5.41, 5.74) is 6.58. The van der Waals surface area contributed by atoms with E-state index < -0.39 is 9.84 Å². The second kappa shape index (κ2) is 3.31. The third-order valence-electron chi connectivity index (χ3n) is 1.87. The van der Waals surface area contributed by atoms with Crippen LogP contribution in [0.2, 0.25) is 0 Å². The minimum Gasteiger partial charge on any atom is -0.398 e. The summed E-state index contributed by atoms with van der Waals surface area (Å²) in [4.78, 5) is 0.156. The molecule has 74 valence electrons. The lowest BCUT2D eigenvalue weighted by atomic mass is 10.1. The minimum atomic E-state index is -3.29. The van der Waals surface area contributed by atoms with Crippen LogP contribution in [0.4, 0.5) is 5.69 Å². The van der Waals surface area contributed by atoms with Gasteiger partial charge in [0.1, 0.15) is 6.07 Å². The number of rotatable bonds is 1. The van der Waals surface area contributed by atoms with Crippen molar-refractivity contribution in [1.29, 1.82) is 5.26 Å². The molecule has 5 heteroatoms. The molecule has 14 heavy (non-hydrogen) atoms. The molecular weight excluding hydrogens is 200 g/mol. The summed E-state index contributed by atoms with van der Waals surface area (Å²) in [6.07, 6.45) is 1.10. The normalized spacial score (nSPS) is 10.9. The summed E-state index contributed by atoms with van der Waals surface area (Å²) in [6.45, 7) is 1.65. The van der Waals surface area contributed by atoms with Gasteiger partial charge in [-0.25, -0.2) is 8.42 Å². The van der Waals surface area contributed by atoms with E-state index in [4.69, 9.17) is 11.0 Å². The Balaban J connectivity index is 3.58. The lowest BCUT2D eigenvalue weighted by molar-refractivity contribution is 0.601. The molecule has 0 spiro atoms. The standard InChI is InChI=1S/C9H10N2O2S/c1-6-3-8(11)7(5-10)4-9(6)14(2,12)13/h3-4H,11H2,1-2H3. The first-order chi connectivity index (χ1) is 6.36. The topological polar surface area (TPSA) is 83.9 Å². The SMILES string of the molecule is Cc1cc(N)c(C#N)cc1S(C)(=O)=O. The first-order valence-electron chi connectivity index (χ1n) is 3.86. The number of benzene rings is 1. The van der Waals surface area contributed by atoms with Gasteiger partial charge in [-0.1, -0.05) is 0 Å². The van der Waals surface area contributed by atoms with E-state index in [9.17, 15) is 8.42 Å². The second-order valence-corrected chi connectivity index (χ2v) is 5.07. The van der Waals surface area contributed by atoms with Gasteiger partial charge in [0.15, 0.2) is 9.84 Å². The Labute approximate surface area is 82.9 Å². The number of nitrogens with two attached hydrogens (primary N) is 1. The van der Waals surface area contributed by atoms with Gasteiger partial charge in [-0.2, -0.15) is 5.26 Å². The van der Waals surface area contributed by atoms with Crippen molar-refractivity contribution in [1.82, 2.24) is 0 Å². The molecule has 0 atom stereocenters. The van der Waals surface area contributed by atoms with E-state index in [0.29, 0.717) is 11.3 Å². The van der Waals surface area contributed by atoms with E-state index in [1.165, 1.54) is 12.1 Å².